The molecule has 0 spiro atoms. The van der Waals surface area contributed by atoms with Gasteiger partial charge in [-0.3, -0.25) is 4.79 Å². The molecule has 0 saturated carbocycles. The second-order valence-electron chi connectivity index (χ2n) is 9.60. The maximum absolute atomic E-state index is 13.9. The molecule has 2 aliphatic heterocycles. The van der Waals surface area contributed by atoms with Crippen molar-refractivity contribution in [2.75, 3.05) is 25.7 Å². The maximum Gasteiger partial charge on any atom is 0.256 e. The van der Waals surface area contributed by atoms with Crippen molar-refractivity contribution in [3.63, 3.8) is 0 Å². The van der Waals surface area contributed by atoms with E-state index in [1.165, 1.54) is 0 Å². The van der Waals surface area contributed by atoms with Gasteiger partial charge in [0.2, 0.25) is 0 Å². The van der Waals surface area contributed by atoms with E-state index in [1.807, 2.05) is 35.2 Å². The minimum Gasteiger partial charge on any atom is -0.493 e. The van der Waals surface area contributed by atoms with E-state index in [9.17, 15) is 4.79 Å². The first kappa shape index (κ1) is 24.7. The first-order chi connectivity index (χ1) is 16.2. The van der Waals surface area contributed by atoms with Gasteiger partial charge in [0.15, 0.2) is 11.5 Å². The van der Waals surface area contributed by atoms with Crippen LogP contribution in [0.25, 0.3) is 0 Å². The predicted octanol–water partition coefficient (Wildman–Crippen LogP) is 3.06. The molecule has 0 radical (unpaired) electrons. The number of hydrazine groups is 3. The molecular weight excluding hydrogens is 458 g/mol. The number of nitrogens with one attached hydrogen (secondary N) is 4. The number of rotatable bonds is 6. The molecule has 2 heterocycles. The van der Waals surface area contributed by atoms with E-state index in [4.69, 9.17) is 25.8 Å². The van der Waals surface area contributed by atoms with Crippen LogP contribution in [-0.4, -0.2) is 38.9 Å². The summed E-state index contributed by atoms with van der Waals surface area (Å²) in [6, 6.07) is 11.2. The minimum absolute atomic E-state index is 0.113. The lowest BCUT2D eigenvalue weighted by Gasteiger charge is -2.31. The van der Waals surface area contributed by atoms with Gasteiger partial charge in [-0.2, -0.15) is 11.1 Å². The van der Waals surface area contributed by atoms with Gasteiger partial charge in [-0.1, -0.05) is 44.5 Å². The van der Waals surface area contributed by atoms with Crippen LogP contribution < -0.4 is 36.3 Å². The fourth-order valence-electron chi connectivity index (χ4n) is 4.34. The zero-order valence-electron chi connectivity index (χ0n) is 20.1. The van der Waals surface area contributed by atoms with E-state index in [2.05, 4.69) is 42.7 Å². The molecule has 1 amide bonds. The first-order valence-electron chi connectivity index (χ1n) is 11.2. The molecule has 1 saturated heterocycles. The quantitative estimate of drug-likeness (QED) is 0.491. The Hall–Kier alpha value is -2.40. The predicted molar refractivity (Wildman–Crippen MR) is 130 cm³/mol. The summed E-state index contributed by atoms with van der Waals surface area (Å²) in [7, 11) is 3.18. The fourth-order valence-corrected chi connectivity index (χ4v) is 4.52. The van der Waals surface area contributed by atoms with E-state index in [-0.39, 0.29) is 17.5 Å². The summed E-state index contributed by atoms with van der Waals surface area (Å²) in [5.41, 5.74) is 13.9. The number of amides is 1. The summed E-state index contributed by atoms with van der Waals surface area (Å²) in [4.78, 5) is 15.7. The summed E-state index contributed by atoms with van der Waals surface area (Å²) in [6.07, 6.45) is -1.20. The molecule has 0 aliphatic carbocycles. The number of ether oxygens (including phenoxy) is 3. The van der Waals surface area contributed by atoms with Crippen molar-refractivity contribution in [3.05, 3.63) is 52.5 Å². The zero-order chi connectivity index (χ0) is 24.5. The van der Waals surface area contributed by atoms with Crippen molar-refractivity contribution >= 4 is 23.2 Å². The third-order valence-electron chi connectivity index (χ3n) is 5.76. The van der Waals surface area contributed by atoms with E-state index in [0.29, 0.717) is 29.5 Å². The summed E-state index contributed by atoms with van der Waals surface area (Å²) in [5, 5.41) is 0.559. The molecule has 184 valence electrons. The van der Waals surface area contributed by atoms with Gasteiger partial charge in [-0.05, 0) is 29.7 Å². The van der Waals surface area contributed by atoms with Crippen LogP contribution in [-0.2, 0) is 9.53 Å². The lowest BCUT2D eigenvalue weighted by molar-refractivity contribution is -0.133. The summed E-state index contributed by atoms with van der Waals surface area (Å²) in [5.74, 6) is 1.02. The van der Waals surface area contributed by atoms with Crippen LogP contribution in [0.15, 0.2) is 36.4 Å². The normalized spacial score (nSPS) is 21.4. The third-order valence-corrected chi connectivity index (χ3v) is 5.99. The molecule has 1 fully saturated rings. The molecule has 10 heteroatoms. The van der Waals surface area contributed by atoms with Gasteiger partial charge in [0.05, 0.1) is 20.4 Å². The van der Waals surface area contributed by atoms with Crippen LogP contribution in [0.4, 0.5) is 5.69 Å². The number of para-hydroxylation sites is 1. The number of hydrogen-bond donors (Lipinski definition) is 4. The number of anilines is 1. The Morgan fingerprint density at radius 1 is 1.06 bits per heavy atom. The molecule has 34 heavy (non-hydrogen) atoms. The molecule has 2 aromatic carbocycles. The van der Waals surface area contributed by atoms with Crippen LogP contribution in [0.2, 0.25) is 5.02 Å². The number of carbonyl (C=O) groups is 1. The van der Waals surface area contributed by atoms with Crippen molar-refractivity contribution in [3.8, 4) is 11.5 Å². The van der Waals surface area contributed by atoms with Gasteiger partial charge in [0.25, 0.3) is 5.91 Å². The van der Waals surface area contributed by atoms with Crippen molar-refractivity contribution in [1.82, 2.24) is 21.9 Å². The van der Waals surface area contributed by atoms with Crippen molar-refractivity contribution < 1.29 is 19.0 Å². The van der Waals surface area contributed by atoms with Gasteiger partial charge in [0.1, 0.15) is 12.2 Å². The van der Waals surface area contributed by atoms with Crippen LogP contribution in [0.5, 0.6) is 11.5 Å². The first-order valence-corrected chi connectivity index (χ1v) is 11.6. The monoisotopic (exact) mass is 489 g/mol. The Kier molecular flexibility index (Phi) is 7.32. The smallest absolute Gasteiger partial charge is 0.256 e. The molecule has 2 aromatic rings. The van der Waals surface area contributed by atoms with Crippen LogP contribution >= 0.6 is 11.6 Å². The van der Waals surface area contributed by atoms with Crippen LogP contribution in [0.1, 0.15) is 44.4 Å². The Labute approximate surface area is 205 Å². The van der Waals surface area contributed by atoms with Gasteiger partial charge in [0, 0.05) is 34.8 Å². The largest absolute Gasteiger partial charge is 0.493 e. The van der Waals surface area contributed by atoms with Gasteiger partial charge in [-0.25, -0.2) is 10.9 Å². The Balaban J connectivity index is 1.88. The highest BCUT2D eigenvalue weighted by Gasteiger charge is 2.40. The van der Waals surface area contributed by atoms with Gasteiger partial charge < -0.3 is 19.1 Å². The zero-order valence-corrected chi connectivity index (χ0v) is 20.8. The highest BCUT2D eigenvalue weighted by molar-refractivity contribution is 6.30. The second-order valence-corrected chi connectivity index (χ2v) is 10.0. The number of carbonyl (C=O) groups excluding carboxylic acids is 1. The SMILES string of the molecule is COc1cccc([C@H]2O[C@H](CC3NNNN3)C(=O)N(CC(C)(C)C)c3ccc(Cl)cc32)c1OC. The Morgan fingerprint density at radius 3 is 2.44 bits per heavy atom. The number of halogens is 1. The molecular formula is C24H32ClN5O4. The highest BCUT2D eigenvalue weighted by atomic mass is 35.5. The summed E-state index contributed by atoms with van der Waals surface area (Å²) >= 11 is 6.45. The number of nitrogens with zero attached hydrogens (tertiary/aromatic N) is 1. The molecule has 2 atom stereocenters. The van der Waals surface area contributed by atoms with Gasteiger partial charge in [-0.15, -0.1) is 0 Å². The summed E-state index contributed by atoms with van der Waals surface area (Å²) in [6.45, 7) is 6.83. The van der Waals surface area contributed by atoms with Crippen LogP contribution in [0, 0.1) is 5.41 Å². The molecule has 4 N–H and O–H groups in total. The lowest BCUT2D eigenvalue weighted by atomic mass is 9.94. The van der Waals surface area contributed by atoms with E-state index in [0.717, 1.165) is 16.8 Å². The van der Waals surface area contributed by atoms with E-state index >= 15 is 0 Å². The van der Waals surface area contributed by atoms with Gasteiger partial charge >= 0.3 is 0 Å². The molecule has 0 unspecified atom stereocenters. The molecule has 4 rings (SSSR count). The average molecular weight is 490 g/mol. The van der Waals surface area contributed by atoms with Crippen molar-refractivity contribution in [1.29, 1.82) is 0 Å². The minimum atomic E-state index is -0.749. The van der Waals surface area contributed by atoms with E-state index in [1.54, 1.807) is 20.3 Å². The number of fused-ring (bicyclic) bond motifs is 1. The second kappa shape index (κ2) is 10.1. The molecule has 0 aromatic heterocycles. The molecule has 2 aliphatic rings. The number of hydrogen-bond acceptors (Lipinski definition) is 8. The molecule has 9 nitrogen and oxygen atoms in total. The lowest BCUT2D eigenvalue weighted by Crippen LogP contribution is -2.47. The number of methoxy groups -OCH3 is 2. The van der Waals surface area contributed by atoms with Crippen LogP contribution in [0.3, 0.4) is 0 Å². The highest BCUT2D eigenvalue weighted by Crippen LogP contribution is 2.45. The van der Waals surface area contributed by atoms with Crippen molar-refractivity contribution in [2.24, 2.45) is 5.41 Å². The topological polar surface area (TPSA) is 96.1 Å². The Bertz CT molecular complexity index is 1040. The summed E-state index contributed by atoms with van der Waals surface area (Å²) < 4.78 is 17.9. The Morgan fingerprint density at radius 2 is 1.79 bits per heavy atom. The average Bonchev–Trinajstić information content (AvgIpc) is 3.28. The fraction of sp³-hybridized carbons (Fsp3) is 0.458. The standard InChI is InChI=1S/C24H32ClN5O4/c1-24(2,3)13-30-17-10-9-14(25)11-16(17)21(15-7-6-8-18(32-4)22(15)33-5)34-19(23(30)31)12-20-26-28-29-27-20/h6-11,19-21,26-29H,12-13H2,1-5H3/t19-,21-/m1/s1. The molecule has 0 bridgehead atoms. The third kappa shape index (κ3) is 5.14. The maximum atomic E-state index is 13.9. The van der Waals surface area contributed by atoms with Crippen molar-refractivity contribution in [2.45, 2.75) is 45.6 Å². The van der Waals surface area contributed by atoms with E-state index < -0.39 is 12.2 Å². The number of benzene rings is 2.